The predicted octanol–water partition coefficient (Wildman–Crippen LogP) is 2.81. The molecule has 3 heterocycles. The van der Waals surface area contributed by atoms with Gasteiger partial charge in [-0.25, -0.2) is 4.79 Å². The SMILES string of the molecule is Cc1ccsc1CN(CCCN1CCOCC1)CC1=Cc2ccccc2OC1.O=C(O)CC(O)(CC(=O)O)C(=O)O. The lowest BCUT2D eigenvalue weighted by atomic mass is 9.96. The highest BCUT2D eigenvalue weighted by atomic mass is 32.1. The third-order valence-corrected chi connectivity index (χ3v) is 7.80. The number of benzene rings is 1. The number of ether oxygens (including phenoxy) is 2. The first-order chi connectivity index (χ1) is 19.6. The molecule has 41 heavy (non-hydrogen) atoms. The summed E-state index contributed by atoms with van der Waals surface area (Å²) >= 11 is 1.87. The summed E-state index contributed by atoms with van der Waals surface area (Å²) in [6.07, 6.45) is 1.22. The van der Waals surface area contributed by atoms with Crippen LogP contribution in [0.4, 0.5) is 0 Å². The number of carboxylic acids is 3. The van der Waals surface area contributed by atoms with Gasteiger partial charge in [0.2, 0.25) is 0 Å². The number of para-hydroxylation sites is 1. The number of fused-ring (bicyclic) bond motifs is 1. The number of morpholine rings is 1. The van der Waals surface area contributed by atoms with Crippen LogP contribution in [0.25, 0.3) is 6.08 Å². The van der Waals surface area contributed by atoms with Gasteiger partial charge < -0.3 is 29.9 Å². The Bertz CT molecular complexity index is 1190. The first-order valence-electron chi connectivity index (χ1n) is 13.4. The summed E-state index contributed by atoms with van der Waals surface area (Å²) in [6.45, 7) is 11.1. The maximum absolute atomic E-state index is 10.3. The van der Waals surface area contributed by atoms with E-state index in [1.807, 2.05) is 17.4 Å². The number of aliphatic hydroxyl groups is 1. The Labute approximate surface area is 243 Å². The number of nitrogens with zero attached hydrogens (tertiary/aromatic N) is 2. The van der Waals surface area contributed by atoms with Gasteiger partial charge in [0.05, 0.1) is 26.1 Å². The summed E-state index contributed by atoms with van der Waals surface area (Å²) in [6, 6.07) is 10.5. The summed E-state index contributed by atoms with van der Waals surface area (Å²) in [5, 5.41) is 36.0. The van der Waals surface area contributed by atoms with Crippen molar-refractivity contribution in [2.75, 3.05) is 52.5 Å². The van der Waals surface area contributed by atoms with Crippen LogP contribution in [0.15, 0.2) is 41.3 Å². The van der Waals surface area contributed by atoms with Gasteiger partial charge >= 0.3 is 17.9 Å². The Kier molecular flexibility index (Phi) is 12.3. The molecule has 224 valence electrons. The van der Waals surface area contributed by atoms with Gasteiger partial charge in [0, 0.05) is 43.2 Å². The normalized spacial score (nSPS) is 15.2. The van der Waals surface area contributed by atoms with Crippen molar-refractivity contribution in [3.63, 3.8) is 0 Å². The molecule has 0 bridgehead atoms. The number of hydrogen-bond acceptors (Lipinski definition) is 9. The second-order valence-electron chi connectivity index (χ2n) is 10.2. The van der Waals surface area contributed by atoms with Crippen molar-refractivity contribution in [3.05, 3.63) is 57.3 Å². The van der Waals surface area contributed by atoms with Crippen LogP contribution in [-0.2, 0) is 25.7 Å². The largest absolute Gasteiger partial charge is 0.489 e. The molecule has 0 radical (unpaired) electrons. The predicted molar refractivity (Wildman–Crippen MR) is 153 cm³/mol. The molecule has 0 atom stereocenters. The standard InChI is InChI=1S/C23H30N2O2S.C6H8O7/c1-19-7-14-28-23(19)17-25(9-4-8-24-10-12-26-13-11-24)16-20-15-21-5-2-3-6-22(21)27-18-20;7-3(8)1-6(13,5(11)12)2-4(9)10/h2-3,5-7,14-15H,4,8-13,16-18H2,1H3;13H,1-2H2,(H,7,8)(H,9,10)(H,11,12). The molecular formula is C29H38N2O9S. The minimum Gasteiger partial charge on any atom is -0.489 e. The zero-order valence-corrected chi connectivity index (χ0v) is 24.0. The molecule has 4 rings (SSSR count). The van der Waals surface area contributed by atoms with Crippen LogP contribution in [-0.4, -0.2) is 106 Å². The highest BCUT2D eigenvalue weighted by Gasteiger charge is 2.40. The topological polar surface area (TPSA) is 157 Å². The number of aryl methyl sites for hydroxylation is 1. The van der Waals surface area contributed by atoms with Gasteiger partial charge in [-0.3, -0.25) is 19.4 Å². The lowest BCUT2D eigenvalue weighted by Gasteiger charge is -2.29. The van der Waals surface area contributed by atoms with Crippen LogP contribution < -0.4 is 4.74 Å². The highest BCUT2D eigenvalue weighted by Crippen LogP contribution is 2.27. The Hall–Kier alpha value is -3.29. The van der Waals surface area contributed by atoms with E-state index in [-0.39, 0.29) is 0 Å². The molecule has 0 saturated carbocycles. The molecular weight excluding hydrogens is 552 g/mol. The van der Waals surface area contributed by atoms with E-state index in [9.17, 15) is 14.4 Å². The van der Waals surface area contributed by atoms with Crippen LogP contribution in [0.5, 0.6) is 5.75 Å². The Morgan fingerprint density at radius 2 is 1.71 bits per heavy atom. The van der Waals surface area contributed by atoms with E-state index in [1.165, 1.54) is 28.0 Å². The molecule has 12 heteroatoms. The molecule has 2 aliphatic rings. The van der Waals surface area contributed by atoms with Crippen molar-refractivity contribution < 1.29 is 44.3 Å². The second-order valence-corrected chi connectivity index (χ2v) is 11.2. The van der Waals surface area contributed by atoms with Gasteiger partial charge in [-0.2, -0.15) is 0 Å². The van der Waals surface area contributed by atoms with Crippen molar-refractivity contribution in [2.45, 2.75) is 38.3 Å². The fourth-order valence-electron chi connectivity index (χ4n) is 4.58. The van der Waals surface area contributed by atoms with Gasteiger partial charge in [-0.1, -0.05) is 18.2 Å². The molecule has 2 aliphatic heterocycles. The van der Waals surface area contributed by atoms with Crippen LogP contribution >= 0.6 is 11.3 Å². The average molecular weight is 591 g/mol. The zero-order valence-electron chi connectivity index (χ0n) is 23.2. The van der Waals surface area contributed by atoms with Crippen molar-refractivity contribution >= 4 is 35.3 Å². The second kappa shape index (κ2) is 15.6. The fourth-order valence-corrected chi connectivity index (χ4v) is 5.53. The molecule has 4 N–H and O–H groups in total. The summed E-state index contributed by atoms with van der Waals surface area (Å²) < 4.78 is 11.4. The molecule has 1 fully saturated rings. The molecule has 2 aromatic rings. The number of carboxylic acid groups (broad SMARTS) is 3. The first-order valence-corrected chi connectivity index (χ1v) is 14.3. The quantitative estimate of drug-likeness (QED) is 0.272. The van der Waals surface area contributed by atoms with Gasteiger partial charge in [-0.05, 0) is 54.6 Å². The summed E-state index contributed by atoms with van der Waals surface area (Å²) in [7, 11) is 0. The number of aliphatic carboxylic acids is 3. The third kappa shape index (κ3) is 10.6. The van der Waals surface area contributed by atoms with Crippen molar-refractivity contribution in [3.8, 4) is 5.75 Å². The van der Waals surface area contributed by atoms with Gasteiger partial charge in [0.1, 0.15) is 12.4 Å². The third-order valence-electron chi connectivity index (χ3n) is 6.79. The molecule has 11 nitrogen and oxygen atoms in total. The minimum absolute atomic E-state index is 0.695. The number of hydrogen-bond donors (Lipinski definition) is 4. The van der Waals surface area contributed by atoms with Crippen LogP contribution in [0.2, 0.25) is 0 Å². The van der Waals surface area contributed by atoms with E-state index in [0.717, 1.165) is 58.2 Å². The van der Waals surface area contributed by atoms with Crippen molar-refractivity contribution in [1.82, 2.24) is 9.80 Å². The monoisotopic (exact) mass is 590 g/mol. The molecule has 1 aromatic heterocycles. The van der Waals surface area contributed by atoms with Gasteiger partial charge in [0.25, 0.3) is 0 Å². The van der Waals surface area contributed by atoms with Gasteiger partial charge in [0.15, 0.2) is 5.60 Å². The molecule has 1 saturated heterocycles. The maximum Gasteiger partial charge on any atom is 0.336 e. The maximum atomic E-state index is 10.3. The smallest absolute Gasteiger partial charge is 0.336 e. The van der Waals surface area contributed by atoms with Crippen LogP contribution in [0.1, 0.15) is 35.3 Å². The van der Waals surface area contributed by atoms with E-state index in [1.54, 1.807) is 0 Å². The van der Waals surface area contributed by atoms with E-state index in [2.05, 4.69) is 52.4 Å². The number of carbonyl (C=O) groups is 3. The highest BCUT2D eigenvalue weighted by molar-refractivity contribution is 7.10. The van der Waals surface area contributed by atoms with E-state index in [4.69, 9.17) is 29.9 Å². The zero-order chi connectivity index (χ0) is 29.8. The Balaban J connectivity index is 0.000000302. The molecule has 0 amide bonds. The summed E-state index contributed by atoms with van der Waals surface area (Å²) in [5.41, 5.74) is 1.23. The van der Waals surface area contributed by atoms with E-state index in [0.29, 0.717) is 6.61 Å². The molecule has 0 spiro atoms. The fraction of sp³-hybridized carbons (Fsp3) is 0.483. The average Bonchev–Trinajstić information content (AvgIpc) is 3.32. The summed E-state index contributed by atoms with van der Waals surface area (Å²) in [5.74, 6) is -4.02. The van der Waals surface area contributed by atoms with Crippen molar-refractivity contribution in [2.24, 2.45) is 0 Å². The molecule has 0 unspecified atom stereocenters. The van der Waals surface area contributed by atoms with Crippen LogP contribution in [0.3, 0.4) is 0 Å². The summed E-state index contributed by atoms with van der Waals surface area (Å²) in [4.78, 5) is 37.1. The molecule has 0 aliphatic carbocycles. The minimum atomic E-state index is -2.74. The van der Waals surface area contributed by atoms with Gasteiger partial charge in [-0.15, -0.1) is 11.3 Å². The molecule has 1 aromatic carbocycles. The lowest BCUT2D eigenvalue weighted by Crippen LogP contribution is -2.42. The Morgan fingerprint density at radius 1 is 1.02 bits per heavy atom. The number of thiophene rings is 1. The van der Waals surface area contributed by atoms with E-state index < -0.39 is 36.4 Å². The van der Waals surface area contributed by atoms with Crippen molar-refractivity contribution in [1.29, 1.82) is 0 Å². The number of rotatable bonds is 13. The van der Waals surface area contributed by atoms with Crippen LogP contribution in [0, 0.1) is 6.92 Å². The lowest BCUT2D eigenvalue weighted by molar-refractivity contribution is -0.170. The van der Waals surface area contributed by atoms with E-state index >= 15 is 0 Å². The first kappa shape index (κ1) is 32.2. The Morgan fingerprint density at radius 3 is 2.32 bits per heavy atom.